The second-order valence-corrected chi connectivity index (χ2v) is 3.68. The highest BCUT2D eigenvalue weighted by atomic mass is 19.2. The van der Waals surface area contributed by atoms with Gasteiger partial charge in [-0.15, -0.1) is 11.7 Å². The molecule has 2 aromatic rings. The number of rotatable bonds is 5. The number of nitrogens with one attached hydrogen (secondary N) is 2. The smallest absolute Gasteiger partial charge is 0.244 e. The Morgan fingerprint density at radius 1 is 1.20 bits per heavy atom. The van der Waals surface area contributed by atoms with Crippen molar-refractivity contribution < 1.29 is 13.2 Å². The van der Waals surface area contributed by atoms with Crippen LogP contribution in [0.1, 0.15) is 0 Å². The fraction of sp³-hybridized carbons (Fsp3) is 0.0833. The van der Waals surface area contributed by atoms with Crippen LogP contribution in [0, 0.1) is 17.5 Å². The van der Waals surface area contributed by atoms with E-state index in [-0.39, 0.29) is 17.5 Å². The first-order valence-corrected chi connectivity index (χ1v) is 5.57. The molecule has 5 nitrogen and oxygen atoms in total. The van der Waals surface area contributed by atoms with Gasteiger partial charge >= 0.3 is 0 Å². The van der Waals surface area contributed by atoms with Crippen LogP contribution in [0.25, 0.3) is 0 Å². The van der Waals surface area contributed by atoms with Crippen LogP contribution in [-0.4, -0.2) is 21.7 Å². The molecule has 0 amide bonds. The largest absolute Gasteiger partial charge is 0.349 e. The van der Waals surface area contributed by atoms with Gasteiger partial charge in [0, 0.05) is 6.54 Å². The van der Waals surface area contributed by atoms with E-state index in [0.29, 0.717) is 6.54 Å². The number of benzene rings is 1. The van der Waals surface area contributed by atoms with Crippen molar-refractivity contribution in [2.24, 2.45) is 0 Å². The van der Waals surface area contributed by atoms with Gasteiger partial charge in [-0.05, 0) is 12.1 Å². The molecule has 0 aliphatic carbocycles. The number of anilines is 3. The molecule has 0 spiro atoms. The molecule has 0 aliphatic heterocycles. The first-order valence-electron chi connectivity index (χ1n) is 5.57. The normalized spacial score (nSPS) is 10.2. The van der Waals surface area contributed by atoms with Crippen molar-refractivity contribution in [3.8, 4) is 0 Å². The van der Waals surface area contributed by atoms with Crippen LogP contribution in [0.2, 0.25) is 0 Å². The highest BCUT2D eigenvalue weighted by molar-refractivity contribution is 5.57. The lowest BCUT2D eigenvalue weighted by Crippen LogP contribution is -2.07. The summed E-state index contributed by atoms with van der Waals surface area (Å²) in [7, 11) is 0. The van der Waals surface area contributed by atoms with Crippen LogP contribution in [-0.2, 0) is 0 Å². The second-order valence-electron chi connectivity index (χ2n) is 3.68. The molecule has 0 aliphatic rings. The highest BCUT2D eigenvalue weighted by Gasteiger charge is 2.14. The molecule has 0 radical (unpaired) electrons. The van der Waals surface area contributed by atoms with E-state index >= 15 is 0 Å². The summed E-state index contributed by atoms with van der Waals surface area (Å²) in [5.41, 5.74) is -0.251. The predicted molar refractivity (Wildman–Crippen MR) is 68.1 cm³/mol. The third kappa shape index (κ3) is 3.02. The maximum atomic E-state index is 13.5. The van der Waals surface area contributed by atoms with Gasteiger partial charge in [0.15, 0.2) is 23.3 Å². The second kappa shape index (κ2) is 6.00. The van der Waals surface area contributed by atoms with Crippen LogP contribution >= 0.6 is 0 Å². The molecule has 2 N–H and O–H groups in total. The summed E-state index contributed by atoms with van der Waals surface area (Å²) < 4.78 is 39.4. The first kappa shape index (κ1) is 13.8. The zero-order valence-corrected chi connectivity index (χ0v) is 10.2. The molecule has 8 heteroatoms. The zero-order valence-electron chi connectivity index (χ0n) is 10.2. The summed E-state index contributed by atoms with van der Waals surface area (Å²) >= 11 is 0. The first-order chi connectivity index (χ1) is 9.61. The Kier molecular flexibility index (Phi) is 4.14. The maximum Gasteiger partial charge on any atom is 0.244 e. The molecule has 0 unspecified atom stereocenters. The summed E-state index contributed by atoms with van der Waals surface area (Å²) in [6.45, 7) is 3.94. The van der Waals surface area contributed by atoms with Gasteiger partial charge in [0.2, 0.25) is 5.95 Å². The van der Waals surface area contributed by atoms with Gasteiger partial charge < -0.3 is 10.6 Å². The molecule has 0 bridgehead atoms. The van der Waals surface area contributed by atoms with Crippen molar-refractivity contribution in [1.82, 2.24) is 15.2 Å². The number of hydrogen-bond donors (Lipinski definition) is 2. The van der Waals surface area contributed by atoms with E-state index in [0.717, 1.165) is 12.1 Å². The lowest BCUT2D eigenvalue weighted by molar-refractivity contribution is 0.449. The maximum absolute atomic E-state index is 13.5. The number of aromatic nitrogens is 3. The minimum Gasteiger partial charge on any atom is -0.349 e. The minimum absolute atomic E-state index is 0.136. The Labute approximate surface area is 112 Å². The van der Waals surface area contributed by atoms with Gasteiger partial charge in [0.25, 0.3) is 0 Å². The van der Waals surface area contributed by atoms with Crippen LogP contribution in [0.5, 0.6) is 0 Å². The topological polar surface area (TPSA) is 62.7 Å². The van der Waals surface area contributed by atoms with Gasteiger partial charge in [-0.1, -0.05) is 6.08 Å². The molecular weight excluding hydrogens is 271 g/mol. The van der Waals surface area contributed by atoms with Crippen molar-refractivity contribution in [1.29, 1.82) is 0 Å². The SMILES string of the molecule is C=CCNc1nncc(Nc2ccc(F)c(F)c2F)n1. The van der Waals surface area contributed by atoms with Gasteiger partial charge in [0.1, 0.15) is 0 Å². The Morgan fingerprint density at radius 2 is 2.00 bits per heavy atom. The molecule has 0 atom stereocenters. The van der Waals surface area contributed by atoms with E-state index in [1.807, 2.05) is 0 Å². The third-order valence-corrected chi connectivity index (χ3v) is 2.26. The molecule has 0 saturated heterocycles. The van der Waals surface area contributed by atoms with E-state index in [9.17, 15) is 13.2 Å². The molecule has 0 fully saturated rings. The molecule has 1 heterocycles. The molecule has 104 valence electrons. The predicted octanol–water partition coefficient (Wildman–Crippen LogP) is 2.63. The zero-order chi connectivity index (χ0) is 14.5. The van der Waals surface area contributed by atoms with E-state index in [4.69, 9.17) is 0 Å². The van der Waals surface area contributed by atoms with E-state index in [1.165, 1.54) is 6.20 Å². The van der Waals surface area contributed by atoms with Crippen LogP contribution < -0.4 is 10.6 Å². The number of nitrogens with zero attached hydrogens (tertiary/aromatic N) is 3. The average Bonchev–Trinajstić information content (AvgIpc) is 2.46. The molecule has 1 aromatic heterocycles. The Morgan fingerprint density at radius 3 is 2.75 bits per heavy atom. The fourth-order valence-corrected chi connectivity index (χ4v) is 1.36. The quantitative estimate of drug-likeness (QED) is 0.651. The molecule has 20 heavy (non-hydrogen) atoms. The summed E-state index contributed by atoms with van der Waals surface area (Å²) in [5, 5.41) is 12.6. The van der Waals surface area contributed by atoms with Crippen LogP contribution in [0.3, 0.4) is 0 Å². The van der Waals surface area contributed by atoms with Crippen molar-refractivity contribution in [2.75, 3.05) is 17.2 Å². The van der Waals surface area contributed by atoms with Crippen molar-refractivity contribution in [2.45, 2.75) is 0 Å². The van der Waals surface area contributed by atoms with E-state index in [1.54, 1.807) is 6.08 Å². The van der Waals surface area contributed by atoms with Gasteiger partial charge in [-0.25, -0.2) is 13.2 Å². The summed E-state index contributed by atoms with van der Waals surface area (Å²) in [6, 6.07) is 1.87. The van der Waals surface area contributed by atoms with Crippen LogP contribution in [0.15, 0.2) is 31.0 Å². The Bertz CT molecular complexity index is 632. The Balaban J connectivity index is 2.22. The highest BCUT2D eigenvalue weighted by Crippen LogP contribution is 2.22. The monoisotopic (exact) mass is 281 g/mol. The summed E-state index contributed by atoms with van der Waals surface area (Å²) in [6.07, 6.45) is 2.82. The lowest BCUT2D eigenvalue weighted by atomic mass is 10.3. The molecule has 1 aromatic carbocycles. The lowest BCUT2D eigenvalue weighted by Gasteiger charge is -2.08. The van der Waals surface area contributed by atoms with Crippen molar-refractivity contribution in [3.05, 3.63) is 48.4 Å². The standard InChI is InChI=1S/C12H10F3N5/c1-2-5-16-12-19-9(6-17-20-12)18-8-4-3-7(13)10(14)11(8)15/h2-4,6H,1,5H2,(H2,16,18,19,20). The van der Waals surface area contributed by atoms with E-state index in [2.05, 4.69) is 32.4 Å². The fourth-order valence-electron chi connectivity index (χ4n) is 1.36. The summed E-state index contributed by atoms with van der Waals surface area (Å²) in [4.78, 5) is 3.97. The van der Waals surface area contributed by atoms with Crippen LogP contribution in [0.4, 0.5) is 30.6 Å². The third-order valence-electron chi connectivity index (χ3n) is 2.26. The van der Waals surface area contributed by atoms with Gasteiger partial charge in [-0.3, -0.25) is 0 Å². The minimum atomic E-state index is -1.55. The van der Waals surface area contributed by atoms with Gasteiger partial charge in [-0.2, -0.15) is 10.1 Å². The number of halogens is 3. The molecule has 0 saturated carbocycles. The average molecular weight is 281 g/mol. The van der Waals surface area contributed by atoms with Crippen molar-refractivity contribution >= 4 is 17.5 Å². The van der Waals surface area contributed by atoms with Crippen molar-refractivity contribution in [3.63, 3.8) is 0 Å². The number of hydrogen-bond acceptors (Lipinski definition) is 5. The van der Waals surface area contributed by atoms with E-state index < -0.39 is 17.5 Å². The molecular formula is C12H10F3N5. The molecule has 2 rings (SSSR count). The summed E-state index contributed by atoms with van der Waals surface area (Å²) in [5.74, 6) is -3.82. The Hall–Kier alpha value is -2.64. The van der Waals surface area contributed by atoms with Gasteiger partial charge in [0.05, 0.1) is 11.9 Å².